The number of fused-ring (bicyclic) bond motifs is 1. The summed E-state index contributed by atoms with van der Waals surface area (Å²) in [7, 11) is 0. The molecule has 190 valence electrons. The van der Waals surface area contributed by atoms with E-state index in [4.69, 9.17) is 0 Å². The molecule has 3 aromatic carbocycles. The maximum Gasteiger partial charge on any atom is 0.299 e. The average molecular weight is 507 g/mol. The Labute approximate surface area is 219 Å². The Morgan fingerprint density at radius 3 is 2.26 bits per heavy atom. The van der Waals surface area contributed by atoms with Gasteiger partial charge < -0.3 is 15.2 Å². The molecule has 1 aliphatic heterocycles. The van der Waals surface area contributed by atoms with E-state index < -0.39 is 23.6 Å². The second-order valence-corrected chi connectivity index (χ2v) is 9.06. The summed E-state index contributed by atoms with van der Waals surface area (Å²) in [5.41, 5.74) is 3.20. The number of aromatic nitrogens is 1. The van der Waals surface area contributed by atoms with Crippen LogP contribution in [-0.2, 0) is 22.7 Å². The molecule has 1 aliphatic rings. The van der Waals surface area contributed by atoms with E-state index in [0.29, 0.717) is 23.5 Å². The number of carbonyl (C=O) groups excluding carboxylic acids is 4. The van der Waals surface area contributed by atoms with Crippen LogP contribution in [0, 0.1) is 0 Å². The highest BCUT2D eigenvalue weighted by molar-refractivity contribution is 6.52. The van der Waals surface area contributed by atoms with Crippen molar-refractivity contribution in [3.63, 3.8) is 0 Å². The predicted octanol–water partition coefficient (Wildman–Crippen LogP) is 4.10. The average Bonchev–Trinajstić information content (AvgIpc) is 3.57. The van der Waals surface area contributed by atoms with E-state index in [9.17, 15) is 19.2 Å². The summed E-state index contributed by atoms with van der Waals surface area (Å²) in [6.45, 7) is 2.19. The number of Topliss-reactive ketones (excluding diaryl/α,β-unsaturated/α-hetero) is 1. The van der Waals surface area contributed by atoms with Gasteiger partial charge in [-0.05, 0) is 42.3 Å². The number of anilines is 2. The highest BCUT2D eigenvalue weighted by Gasteiger charge is 2.37. The molecule has 0 saturated heterocycles. The monoisotopic (exact) mass is 506 g/mol. The maximum atomic E-state index is 13.5. The van der Waals surface area contributed by atoms with E-state index >= 15 is 0 Å². The fraction of sp³-hybridized carbons (Fsp3) is 0.133. The highest BCUT2D eigenvalue weighted by Crippen LogP contribution is 2.34. The van der Waals surface area contributed by atoms with Crippen molar-refractivity contribution in [2.45, 2.75) is 26.1 Å². The summed E-state index contributed by atoms with van der Waals surface area (Å²) < 4.78 is 0. The van der Waals surface area contributed by atoms with Gasteiger partial charge in [0.15, 0.2) is 0 Å². The van der Waals surface area contributed by atoms with Crippen molar-refractivity contribution < 1.29 is 19.2 Å². The van der Waals surface area contributed by atoms with Gasteiger partial charge in [-0.25, -0.2) is 0 Å². The summed E-state index contributed by atoms with van der Waals surface area (Å²) in [6.07, 6.45) is 3.17. The second kappa shape index (κ2) is 10.6. The molecule has 0 spiro atoms. The number of carbonyl (C=O) groups is 4. The zero-order valence-electron chi connectivity index (χ0n) is 20.8. The van der Waals surface area contributed by atoms with Crippen LogP contribution in [0.15, 0.2) is 97.3 Å². The molecular formula is C30H26N4O4. The number of rotatable bonds is 8. The van der Waals surface area contributed by atoms with Gasteiger partial charge in [-0.1, -0.05) is 60.7 Å². The zero-order chi connectivity index (χ0) is 26.6. The molecule has 0 radical (unpaired) electrons. The van der Waals surface area contributed by atoms with E-state index in [1.54, 1.807) is 37.5 Å². The molecule has 4 aromatic rings. The number of hydrogen-bond donors (Lipinski definition) is 2. The van der Waals surface area contributed by atoms with Crippen LogP contribution < -0.4 is 15.1 Å². The van der Waals surface area contributed by atoms with Gasteiger partial charge in [0, 0.05) is 24.6 Å². The number of amides is 3. The van der Waals surface area contributed by atoms with Crippen LogP contribution in [0.3, 0.4) is 0 Å². The molecule has 0 aliphatic carbocycles. The number of benzene rings is 3. The molecule has 2 N–H and O–H groups in total. The molecule has 8 heteroatoms. The Morgan fingerprint density at radius 2 is 1.61 bits per heavy atom. The Bertz CT molecular complexity index is 1480. The van der Waals surface area contributed by atoms with Gasteiger partial charge in [0.05, 0.1) is 23.4 Å². The van der Waals surface area contributed by atoms with Gasteiger partial charge in [-0.2, -0.15) is 0 Å². The first-order valence-electron chi connectivity index (χ1n) is 12.3. The summed E-state index contributed by atoms with van der Waals surface area (Å²) in [5, 5.41) is 2.88. The van der Waals surface area contributed by atoms with Gasteiger partial charge >= 0.3 is 0 Å². The van der Waals surface area contributed by atoms with Crippen molar-refractivity contribution in [1.82, 2.24) is 10.3 Å². The molecule has 8 nitrogen and oxygen atoms in total. The van der Waals surface area contributed by atoms with Crippen molar-refractivity contribution in [2.75, 3.05) is 9.80 Å². The summed E-state index contributed by atoms with van der Waals surface area (Å²) in [5.74, 6) is -2.04. The molecule has 3 amide bonds. The standard InChI is InChI=1S/C30H26N4O4/c1-20(28(36)32-17-21-8-4-2-5-9-21)34(29(37)23-14-15-31-18-23)24-12-13-26-25(16-24)27(35)30(38)33(26)19-22-10-6-3-7-11-22/h2-16,18,20,31H,17,19H2,1H3,(H,32,36). The lowest BCUT2D eigenvalue weighted by Gasteiger charge is -2.29. The fourth-order valence-corrected chi connectivity index (χ4v) is 4.52. The first-order valence-corrected chi connectivity index (χ1v) is 12.3. The van der Waals surface area contributed by atoms with Crippen molar-refractivity contribution in [1.29, 1.82) is 0 Å². The first kappa shape index (κ1) is 24.7. The molecule has 1 unspecified atom stereocenters. The minimum Gasteiger partial charge on any atom is -0.367 e. The molecule has 0 bridgehead atoms. The molecule has 1 atom stereocenters. The van der Waals surface area contributed by atoms with E-state index in [-0.39, 0.29) is 18.0 Å². The Balaban J connectivity index is 1.45. The van der Waals surface area contributed by atoms with E-state index in [2.05, 4.69) is 10.3 Å². The predicted molar refractivity (Wildman–Crippen MR) is 144 cm³/mol. The largest absolute Gasteiger partial charge is 0.367 e. The van der Waals surface area contributed by atoms with Crippen molar-refractivity contribution in [2.24, 2.45) is 0 Å². The Hall–Kier alpha value is -4.98. The second-order valence-electron chi connectivity index (χ2n) is 9.06. The van der Waals surface area contributed by atoms with Crippen LogP contribution in [0.2, 0.25) is 0 Å². The molecule has 2 heterocycles. The lowest BCUT2D eigenvalue weighted by molar-refractivity contribution is -0.122. The summed E-state index contributed by atoms with van der Waals surface area (Å²) in [6, 6.07) is 24.4. The van der Waals surface area contributed by atoms with Crippen molar-refractivity contribution in [3.8, 4) is 0 Å². The lowest BCUT2D eigenvalue weighted by Crippen LogP contribution is -2.48. The molecule has 0 fully saturated rings. The van der Waals surface area contributed by atoms with E-state index in [1.807, 2.05) is 60.7 Å². The van der Waals surface area contributed by atoms with Crippen LogP contribution in [0.5, 0.6) is 0 Å². The number of aromatic amines is 1. The van der Waals surface area contributed by atoms with Gasteiger partial charge in [0.25, 0.3) is 17.6 Å². The fourth-order valence-electron chi connectivity index (χ4n) is 4.52. The minimum absolute atomic E-state index is 0.201. The van der Waals surface area contributed by atoms with Gasteiger partial charge in [0.2, 0.25) is 5.91 Å². The summed E-state index contributed by atoms with van der Waals surface area (Å²) >= 11 is 0. The maximum absolute atomic E-state index is 13.5. The zero-order valence-corrected chi connectivity index (χ0v) is 20.8. The molecular weight excluding hydrogens is 480 g/mol. The molecule has 1 aromatic heterocycles. The Kier molecular flexibility index (Phi) is 6.86. The third-order valence-electron chi connectivity index (χ3n) is 6.56. The number of ketones is 1. The number of H-pyrrole nitrogens is 1. The summed E-state index contributed by atoms with van der Waals surface area (Å²) in [4.78, 5) is 58.2. The molecule has 38 heavy (non-hydrogen) atoms. The van der Waals surface area contributed by atoms with E-state index in [0.717, 1.165) is 11.1 Å². The topological polar surface area (TPSA) is 103 Å². The van der Waals surface area contributed by atoms with E-state index in [1.165, 1.54) is 15.9 Å². The van der Waals surface area contributed by atoms with Crippen LogP contribution in [0.4, 0.5) is 11.4 Å². The lowest BCUT2D eigenvalue weighted by atomic mass is 10.1. The Morgan fingerprint density at radius 1 is 0.921 bits per heavy atom. The smallest absolute Gasteiger partial charge is 0.299 e. The minimum atomic E-state index is -0.896. The van der Waals surface area contributed by atoms with Gasteiger partial charge in [-0.3, -0.25) is 24.1 Å². The SMILES string of the molecule is CC(C(=O)NCc1ccccc1)N(C(=O)c1cc[nH]c1)c1ccc2c(c1)C(=O)C(=O)N2Cc1ccccc1. The third-order valence-corrected chi connectivity index (χ3v) is 6.56. The van der Waals surface area contributed by atoms with Gasteiger partial charge in [0.1, 0.15) is 6.04 Å². The van der Waals surface area contributed by atoms with Crippen LogP contribution in [0.25, 0.3) is 0 Å². The van der Waals surface area contributed by atoms with Crippen molar-refractivity contribution >= 4 is 34.9 Å². The van der Waals surface area contributed by atoms with Crippen molar-refractivity contribution in [3.05, 3.63) is 120 Å². The highest BCUT2D eigenvalue weighted by atomic mass is 16.2. The van der Waals surface area contributed by atoms with Crippen LogP contribution in [0.1, 0.15) is 38.8 Å². The van der Waals surface area contributed by atoms with Crippen LogP contribution in [-0.4, -0.2) is 34.5 Å². The number of nitrogens with zero attached hydrogens (tertiary/aromatic N) is 2. The normalized spacial score (nSPS) is 13.2. The van der Waals surface area contributed by atoms with Gasteiger partial charge in [-0.15, -0.1) is 0 Å². The third kappa shape index (κ3) is 4.84. The first-order chi connectivity index (χ1) is 18.4. The van der Waals surface area contributed by atoms with Crippen LogP contribution >= 0.6 is 0 Å². The quantitative estimate of drug-likeness (QED) is 0.351. The molecule has 0 saturated carbocycles. The number of nitrogens with one attached hydrogen (secondary N) is 2. The number of hydrogen-bond acceptors (Lipinski definition) is 4. The molecule has 5 rings (SSSR count).